The molecule has 1 rings (SSSR count). The summed E-state index contributed by atoms with van der Waals surface area (Å²) in [6.07, 6.45) is 6.60. The van der Waals surface area contributed by atoms with Gasteiger partial charge in [0, 0.05) is 25.3 Å². The van der Waals surface area contributed by atoms with E-state index >= 15 is 0 Å². The summed E-state index contributed by atoms with van der Waals surface area (Å²) in [4.78, 5) is 31.1. The fourth-order valence-corrected chi connectivity index (χ4v) is 2.42. The highest BCUT2D eigenvalue weighted by Crippen LogP contribution is 2.18. The molecule has 0 saturated heterocycles. The lowest BCUT2D eigenvalue weighted by Crippen LogP contribution is -2.54. The van der Waals surface area contributed by atoms with Crippen LogP contribution in [0.2, 0.25) is 0 Å². The first-order chi connectivity index (χ1) is 10.1. The van der Waals surface area contributed by atoms with E-state index in [1.807, 2.05) is 0 Å². The number of halogens is 1. The van der Waals surface area contributed by atoms with E-state index in [0.717, 1.165) is 25.7 Å². The smallest absolute Gasteiger partial charge is 0.269 e. The fourth-order valence-electron chi connectivity index (χ4n) is 2.34. The van der Waals surface area contributed by atoms with Crippen molar-refractivity contribution in [3.63, 3.8) is 0 Å². The molecule has 21 heavy (non-hydrogen) atoms. The minimum absolute atomic E-state index is 0.0768. The zero-order valence-corrected chi connectivity index (χ0v) is 12.9. The van der Waals surface area contributed by atoms with E-state index in [1.54, 1.807) is 0 Å². The van der Waals surface area contributed by atoms with E-state index in [1.165, 1.54) is 19.3 Å². The SMILES string of the molecule is C=N/C=C\C(=NC)C(=O)NC1CCCCC1NC(=O)CCl. The minimum atomic E-state index is -0.283. The summed E-state index contributed by atoms with van der Waals surface area (Å²) < 4.78 is 0. The first-order valence-electron chi connectivity index (χ1n) is 6.87. The zero-order chi connectivity index (χ0) is 15.7. The number of rotatable bonds is 6. The molecule has 116 valence electrons. The molecule has 7 heteroatoms. The molecule has 2 N–H and O–H groups in total. The molecule has 0 aromatic carbocycles. The lowest BCUT2D eigenvalue weighted by atomic mass is 9.90. The van der Waals surface area contributed by atoms with Crippen LogP contribution >= 0.6 is 11.6 Å². The molecule has 6 nitrogen and oxygen atoms in total. The molecule has 0 bridgehead atoms. The topological polar surface area (TPSA) is 82.9 Å². The van der Waals surface area contributed by atoms with Crippen LogP contribution in [0.15, 0.2) is 22.3 Å². The van der Waals surface area contributed by atoms with Crippen molar-refractivity contribution >= 4 is 35.8 Å². The summed E-state index contributed by atoms with van der Waals surface area (Å²) in [5, 5.41) is 5.77. The Morgan fingerprint density at radius 1 is 1.29 bits per heavy atom. The molecule has 0 aromatic heterocycles. The Balaban J connectivity index is 2.68. The van der Waals surface area contributed by atoms with Crippen molar-refractivity contribution in [1.29, 1.82) is 0 Å². The lowest BCUT2D eigenvalue weighted by Gasteiger charge is -2.32. The van der Waals surface area contributed by atoms with E-state index in [4.69, 9.17) is 11.6 Å². The van der Waals surface area contributed by atoms with Gasteiger partial charge in [-0.05, 0) is 25.6 Å². The average Bonchev–Trinajstić information content (AvgIpc) is 2.49. The summed E-state index contributed by atoms with van der Waals surface area (Å²) in [6.45, 7) is 3.31. The molecule has 2 atom stereocenters. The maximum absolute atomic E-state index is 12.2. The standard InChI is InChI=1S/C14H21ClN4O2/c1-16-8-7-12(17-2)14(21)19-11-6-4-3-5-10(11)18-13(20)9-15/h7-8,10-11H,1,3-6,9H2,2H3,(H,18,20)(H,19,21)/b8-7-,17-12?. The van der Waals surface area contributed by atoms with Gasteiger partial charge in [-0.25, -0.2) is 0 Å². The van der Waals surface area contributed by atoms with Crippen LogP contribution in [0, 0.1) is 0 Å². The zero-order valence-electron chi connectivity index (χ0n) is 12.1. The Labute approximate surface area is 129 Å². The number of nitrogens with zero attached hydrogens (tertiary/aromatic N) is 2. The first-order valence-corrected chi connectivity index (χ1v) is 7.41. The van der Waals surface area contributed by atoms with Gasteiger partial charge in [-0.1, -0.05) is 12.8 Å². The second-order valence-corrected chi connectivity index (χ2v) is 5.05. The van der Waals surface area contributed by atoms with Crippen molar-refractivity contribution in [2.24, 2.45) is 9.98 Å². The Morgan fingerprint density at radius 3 is 2.43 bits per heavy atom. The van der Waals surface area contributed by atoms with Crippen molar-refractivity contribution < 1.29 is 9.59 Å². The summed E-state index contributed by atoms with van der Waals surface area (Å²) in [5.41, 5.74) is 0.274. The second kappa shape index (κ2) is 9.28. The van der Waals surface area contributed by atoms with Gasteiger partial charge in [0.25, 0.3) is 5.91 Å². The number of amides is 2. The molecule has 0 heterocycles. The molecule has 2 amide bonds. The number of carbonyl (C=O) groups excluding carboxylic acids is 2. The predicted molar refractivity (Wildman–Crippen MR) is 85.1 cm³/mol. The van der Waals surface area contributed by atoms with Crippen LogP contribution in [0.3, 0.4) is 0 Å². The molecule has 2 unspecified atom stereocenters. The quantitative estimate of drug-likeness (QED) is 0.568. The maximum Gasteiger partial charge on any atom is 0.269 e. The molecule has 0 aliphatic heterocycles. The third-order valence-electron chi connectivity index (χ3n) is 3.36. The lowest BCUT2D eigenvalue weighted by molar-refractivity contribution is -0.121. The molecular formula is C14H21ClN4O2. The number of carbonyl (C=O) groups is 2. The van der Waals surface area contributed by atoms with Crippen molar-refractivity contribution in [1.82, 2.24) is 10.6 Å². The molecule has 0 spiro atoms. The monoisotopic (exact) mass is 312 g/mol. The van der Waals surface area contributed by atoms with Gasteiger partial charge in [-0.2, -0.15) is 0 Å². The maximum atomic E-state index is 12.2. The molecule has 1 aliphatic carbocycles. The molecular weight excluding hydrogens is 292 g/mol. The number of alkyl halides is 1. The highest BCUT2D eigenvalue weighted by molar-refractivity contribution is 6.43. The Morgan fingerprint density at radius 2 is 1.90 bits per heavy atom. The molecule has 1 aliphatic rings. The number of nitrogens with one attached hydrogen (secondary N) is 2. The normalized spacial score (nSPS) is 22.9. The summed E-state index contributed by atoms with van der Waals surface area (Å²) in [6, 6.07) is -0.200. The van der Waals surface area contributed by atoms with Crippen molar-refractivity contribution in [2.75, 3.05) is 12.9 Å². The van der Waals surface area contributed by atoms with E-state index < -0.39 is 0 Å². The fraction of sp³-hybridized carbons (Fsp3) is 0.571. The number of hydrogen-bond donors (Lipinski definition) is 2. The van der Waals surface area contributed by atoms with Crippen LogP contribution < -0.4 is 10.6 Å². The Bertz CT molecular complexity index is 448. The predicted octanol–water partition coefficient (Wildman–Crippen LogP) is 1.05. The average molecular weight is 313 g/mol. The third kappa shape index (κ3) is 5.67. The van der Waals surface area contributed by atoms with Gasteiger partial charge in [-0.3, -0.25) is 19.6 Å². The Kier molecular flexibility index (Phi) is 7.68. The van der Waals surface area contributed by atoms with Crippen LogP contribution in [-0.2, 0) is 9.59 Å². The number of aliphatic imine (C=N–C) groups is 2. The van der Waals surface area contributed by atoms with Crippen LogP contribution in [0.5, 0.6) is 0 Å². The highest BCUT2D eigenvalue weighted by Gasteiger charge is 2.28. The van der Waals surface area contributed by atoms with Crippen LogP contribution in [0.25, 0.3) is 0 Å². The highest BCUT2D eigenvalue weighted by atomic mass is 35.5. The molecule has 1 fully saturated rings. The Hall–Kier alpha value is -1.69. The van der Waals surface area contributed by atoms with E-state index in [9.17, 15) is 9.59 Å². The summed E-state index contributed by atoms with van der Waals surface area (Å²) in [7, 11) is 1.54. The van der Waals surface area contributed by atoms with Gasteiger partial charge in [0.2, 0.25) is 5.91 Å². The van der Waals surface area contributed by atoms with Crippen molar-refractivity contribution in [2.45, 2.75) is 37.8 Å². The van der Waals surface area contributed by atoms with E-state index in [0.29, 0.717) is 0 Å². The van der Waals surface area contributed by atoms with Gasteiger partial charge in [0.1, 0.15) is 11.6 Å². The molecule has 0 radical (unpaired) electrons. The molecule has 0 aromatic rings. The number of hydrogen-bond acceptors (Lipinski definition) is 4. The van der Waals surface area contributed by atoms with Crippen LogP contribution in [-0.4, -0.2) is 49.3 Å². The van der Waals surface area contributed by atoms with Gasteiger partial charge in [-0.15, -0.1) is 11.6 Å². The van der Waals surface area contributed by atoms with Gasteiger partial charge < -0.3 is 10.6 Å². The van der Waals surface area contributed by atoms with Gasteiger partial charge >= 0.3 is 0 Å². The van der Waals surface area contributed by atoms with Gasteiger partial charge in [0.05, 0.1) is 0 Å². The minimum Gasteiger partial charge on any atom is -0.350 e. The van der Waals surface area contributed by atoms with E-state index in [-0.39, 0.29) is 35.5 Å². The van der Waals surface area contributed by atoms with E-state index in [2.05, 4.69) is 27.3 Å². The molecule has 1 saturated carbocycles. The summed E-state index contributed by atoms with van der Waals surface area (Å²) in [5.74, 6) is -0.579. The van der Waals surface area contributed by atoms with Crippen molar-refractivity contribution in [3.8, 4) is 0 Å². The first kappa shape index (κ1) is 17.4. The van der Waals surface area contributed by atoms with Gasteiger partial charge in [0.15, 0.2) is 0 Å². The summed E-state index contributed by atoms with van der Waals surface area (Å²) >= 11 is 5.51. The van der Waals surface area contributed by atoms with Crippen molar-refractivity contribution in [3.05, 3.63) is 12.3 Å². The second-order valence-electron chi connectivity index (χ2n) is 4.78. The largest absolute Gasteiger partial charge is 0.350 e. The van der Waals surface area contributed by atoms with Crippen LogP contribution in [0.4, 0.5) is 0 Å². The third-order valence-corrected chi connectivity index (χ3v) is 3.60. The van der Waals surface area contributed by atoms with Crippen LogP contribution in [0.1, 0.15) is 25.7 Å².